The van der Waals surface area contributed by atoms with Crippen molar-refractivity contribution in [3.05, 3.63) is 0 Å². The van der Waals surface area contributed by atoms with Crippen LogP contribution in [0.5, 0.6) is 0 Å². The van der Waals surface area contributed by atoms with E-state index in [0.717, 1.165) is 19.4 Å². The first kappa shape index (κ1) is 15.7. The quantitative estimate of drug-likeness (QED) is 0.739. The number of hydrogen-bond acceptors (Lipinski definition) is 5. The third-order valence-electron chi connectivity index (χ3n) is 4.36. The van der Waals surface area contributed by atoms with Gasteiger partial charge in [-0.05, 0) is 32.7 Å². The smallest absolute Gasteiger partial charge is 0.237 e. The number of likely N-dealkylation sites (N-methyl/N-ethyl adjacent to an activating group) is 1. The van der Waals surface area contributed by atoms with E-state index in [2.05, 4.69) is 0 Å². The van der Waals surface area contributed by atoms with Crippen molar-refractivity contribution >= 4 is 15.7 Å². The second-order valence-electron chi connectivity index (χ2n) is 5.69. The van der Waals surface area contributed by atoms with Gasteiger partial charge in [-0.15, -0.1) is 0 Å². The first-order valence-electron chi connectivity index (χ1n) is 7.31. The zero-order valence-corrected chi connectivity index (χ0v) is 12.8. The molecule has 0 unspecified atom stereocenters. The molecule has 2 aliphatic rings. The van der Waals surface area contributed by atoms with Crippen LogP contribution in [0.1, 0.15) is 26.2 Å². The molecule has 1 amide bonds. The van der Waals surface area contributed by atoms with Crippen molar-refractivity contribution in [3.63, 3.8) is 0 Å². The lowest BCUT2D eigenvalue weighted by atomic mass is 10.2. The zero-order chi connectivity index (χ0) is 14.8. The number of rotatable bonds is 5. The van der Waals surface area contributed by atoms with Crippen LogP contribution in [0.25, 0.3) is 0 Å². The molecule has 20 heavy (non-hydrogen) atoms. The fraction of sp³-hybridized carbons (Fsp3) is 0.923. The Balaban J connectivity index is 1.96. The lowest BCUT2D eigenvalue weighted by Crippen LogP contribution is -2.47. The molecular weight excluding hydrogens is 280 g/mol. The average Bonchev–Trinajstić information content (AvgIpc) is 2.97. The van der Waals surface area contributed by atoms with Crippen molar-refractivity contribution in [1.29, 1.82) is 0 Å². The Hall–Kier alpha value is -0.660. The maximum Gasteiger partial charge on any atom is 0.237 e. The Labute approximate surface area is 120 Å². The highest BCUT2D eigenvalue weighted by molar-refractivity contribution is 7.91. The first-order chi connectivity index (χ1) is 9.46. The molecule has 2 fully saturated rings. The number of likely N-dealkylation sites (tertiary alicyclic amines) is 1. The number of carbonyl (C=O) groups excluding carboxylic acids is 1. The number of sulfone groups is 1. The Morgan fingerprint density at radius 3 is 2.70 bits per heavy atom. The Bertz CT molecular complexity index is 451. The molecule has 2 rings (SSSR count). The van der Waals surface area contributed by atoms with E-state index >= 15 is 0 Å². The predicted octanol–water partition coefficient (Wildman–Crippen LogP) is -0.521. The van der Waals surface area contributed by atoms with Crippen LogP contribution in [0.2, 0.25) is 0 Å². The highest BCUT2D eigenvalue weighted by Gasteiger charge is 2.35. The second-order valence-corrected chi connectivity index (χ2v) is 7.91. The summed E-state index contributed by atoms with van der Waals surface area (Å²) in [6.45, 7) is 3.62. The third-order valence-corrected chi connectivity index (χ3v) is 6.11. The molecule has 0 radical (unpaired) electrons. The van der Waals surface area contributed by atoms with E-state index in [1.165, 1.54) is 0 Å². The maximum atomic E-state index is 12.4. The Kier molecular flexibility index (Phi) is 5.04. The van der Waals surface area contributed by atoms with Crippen LogP contribution in [-0.2, 0) is 14.6 Å². The normalized spacial score (nSPS) is 29.7. The molecule has 0 bridgehead atoms. The minimum atomic E-state index is -2.97. The standard InChI is InChI=1S/C13H24N2O4S/c1-2-15(12-5-7-20(18,19)10-12)13(17)8-14-6-3-4-11(14)9-16/h11-12,16H,2-10H2,1H3/t11-,12+/m0/s1. The third kappa shape index (κ3) is 3.51. The van der Waals surface area contributed by atoms with Gasteiger partial charge in [-0.3, -0.25) is 9.69 Å². The van der Waals surface area contributed by atoms with Crippen LogP contribution in [0.3, 0.4) is 0 Å². The number of nitrogens with zero attached hydrogens (tertiary/aromatic N) is 2. The fourth-order valence-corrected chi connectivity index (χ4v) is 4.96. The summed E-state index contributed by atoms with van der Waals surface area (Å²) in [5, 5.41) is 9.28. The summed E-state index contributed by atoms with van der Waals surface area (Å²) in [5.41, 5.74) is 0. The summed E-state index contributed by atoms with van der Waals surface area (Å²) in [4.78, 5) is 16.1. The molecule has 0 spiro atoms. The predicted molar refractivity (Wildman–Crippen MR) is 76.1 cm³/mol. The maximum absolute atomic E-state index is 12.4. The average molecular weight is 304 g/mol. The number of carbonyl (C=O) groups is 1. The topological polar surface area (TPSA) is 77.9 Å². The van der Waals surface area contributed by atoms with E-state index < -0.39 is 9.84 Å². The lowest BCUT2D eigenvalue weighted by Gasteiger charge is -2.30. The van der Waals surface area contributed by atoms with Crippen molar-refractivity contribution in [3.8, 4) is 0 Å². The minimum absolute atomic E-state index is 0.0186. The molecule has 0 aromatic heterocycles. The Morgan fingerprint density at radius 2 is 2.15 bits per heavy atom. The van der Waals surface area contributed by atoms with Gasteiger partial charge < -0.3 is 10.0 Å². The van der Waals surface area contributed by atoms with Gasteiger partial charge in [-0.1, -0.05) is 0 Å². The monoisotopic (exact) mass is 304 g/mol. The number of amides is 1. The van der Waals surface area contributed by atoms with Crippen molar-refractivity contribution in [2.45, 2.75) is 38.3 Å². The van der Waals surface area contributed by atoms with Gasteiger partial charge in [0.05, 0.1) is 24.7 Å². The van der Waals surface area contributed by atoms with Gasteiger partial charge in [-0.2, -0.15) is 0 Å². The highest BCUT2D eigenvalue weighted by atomic mass is 32.2. The molecule has 1 N–H and O–H groups in total. The minimum Gasteiger partial charge on any atom is -0.395 e. The summed E-state index contributed by atoms with van der Waals surface area (Å²) in [5.74, 6) is 0.260. The molecule has 0 aromatic carbocycles. The summed E-state index contributed by atoms with van der Waals surface area (Å²) in [7, 11) is -2.97. The molecule has 0 saturated carbocycles. The molecule has 2 aliphatic heterocycles. The van der Waals surface area contributed by atoms with Gasteiger partial charge in [0.25, 0.3) is 0 Å². The second kappa shape index (κ2) is 6.41. The molecule has 2 atom stereocenters. The van der Waals surface area contributed by atoms with Crippen LogP contribution in [0.15, 0.2) is 0 Å². The first-order valence-corrected chi connectivity index (χ1v) is 9.13. The molecule has 7 heteroatoms. The zero-order valence-electron chi connectivity index (χ0n) is 12.0. The van der Waals surface area contributed by atoms with E-state index in [-0.39, 0.29) is 42.6 Å². The van der Waals surface area contributed by atoms with Crippen LogP contribution >= 0.6 is 0 Å². The van der Waals surface area contributed by atoms with E-state index in [1.807, 2.05) is 11.8 Å². The molecule has 116 valence electrons. The van der Waals surface area contributed by atoms with Gasteiger partial charge in [0.15, 0.2) is 9.84 Å². The summed E-state index contributed by atoms with van der Waals surface area (Å²) in [6.07, 6.45) is 2.47. The van der Waals surface area contributed by atoms with Gasteiger partial charge in [-0.25, -0.2) is 8.42 Å². The van der Waals surface area contributed by atoms with E-state index in [1.54, 1.807) is 4.90 Å². The van der Waals surface area contributed by atoms with Crippen molar-refractivity contribution in [2.24, 2.45) is 0 Å². The fourth-order valence-electron chi connectivity index (χ4n) is 3.23. The number of aliphatic hydroxyl groups is 1. The van der Waals surface area contributed by atoms with Crippen LogP contribution in [0.4, 0.5) is 0 Å². The van der Waals surface area contributed by atoms with Crippen LogP contribution in [0, 0.1) is 0 Å². The van der Waals surface area contributed by atoms with E-state index in [9.17, 15) is 18.3 Å². The Morgan fingerprint density at radius 1 is 1.40 bits per heavy atom. The van der Waals surface area contributed by atoms with E-state index in [4.69, 9.17) is 0 Å². The van der Waals surface area contributed by atoms with Crippen molar-refractivity contribution in [1.82, 2.24) is 9.80 Å². The van der Waals surface area contributed by atoms with Crippen LogP contribution < -0.4 is 0 Å². The molecule has 2 heterocycles. The summed E-state index contributed by atoms with van der Waals surface area (Å²) < 4.78 is 23.1. The molecule has 0 aliphatic carbocycles. The highest BCUT2D eigenvalue weighted by Crippen LogP contribution is 2.20. The molecule has 2 saturated heterocycles. The number of hydrogen-bond donors (Lipinski definition) is 1. The molecule has 6 nitrogen and oxygen atoms in total. The van der Waals surface area contributed by atoms with Crippen molar-refractivity contribution in [2.75, 3.05) is 37.7 Å². The number of aliphatic hydroxyl groups excluding tert-OH is 1. The van der Waals surface area contributed by atoms with Gasteiger partial charge in [0, 0.05) is 18.6 Å². The van der Waals surface area contributed by atoms with Gasteiger partial charge in [0.1, 0.15) is 0 Å². The summed E-state index contributed by atoms with van der Waals surface area (Å²) >= 11 is 0. The largest absolute Gasteiger partial charge is 0.395 e. The van der Waals surface area contributed by atoms with Gasteiger partial charge in [0.2, 0.25) is 5.91 Å². The van der Waals surface area contributed by atoms with Gasteiger partial charge >= 0.3 is 0 Å². The lowest BCUT2D eigenvalue weighted by molar-refractivity contribution is -0.134. The van der Waals surface area contributed by atoms with E-state index in [0.29, 0.717) is 13.0 Å². The summed E-state index contributed by atoms with van der Waals surface area (Å²) in [6, 6.07) is -0.0994. The molecular formula is C13H24N2O4S. The SMILES string of the molecule is CCN(C(=O)CN1CCC[C@H]1CO)[C@@H]1CCS(=O)(=O)C1. The van der Waals surface area contributed by atoms with Crippen molar-refractivity contribution < 1.29 is 18.3 Å². The van der Waals surface area contributed by atoms with Crippen LogP contribution in [-0.4, -0.2) is 79.1 Å². The molecule has 0 aromatic rings.